The van der Waals surface area contributed by atoms with Gasteiger partial charge in [-0.2, -0.15) is 0 Å². The Hall–Kier alpha value is -2.12. The lowest BCUT2D eigenvalue weighted by Gasteiger charge is -2.25. The fourth-order valence-corrected chi connectivity index (χ4v) is 2.82. The Kier molecular flexibility index (Phi) is 6.57. The molecular weight excluding hydrogens is 310 g/mol. The number of benzene rings is 1. The average Bonchev–Trinajstić information content (AvgIpc) is 3.09. The molecule has 1 heterocycles. The fraction of sp³-hybridized carbons (Fsp3) is 0.529. The number of carboxylic acids is 1. The van der Waals surface area contributed by atoms with Crippen LogP contribution in [0.25, 0.3) is 0 Å². The third kappa shape index (κ3) is 4.69. The van der Waals surface area contributed by atoms with Gasteiger partial charge in [0, 0.05) is 32.4 Å². The largest absolute Gasteiger partial charge is 0.480 e. The van der Waals surface area contributed by atoms with Crippen molar-refractivity contribution in [2.45, 2.75) is 18.9 Å². The number of carbonyl (C=O) groups excluding carboxylic acids is 1. The topological polar surface area (TPSA) is 82.1 Å². The maximum atomic E-state index is 12.1. The number of amides is 2. The summed E-state index contributed by atoms with van der Waals surface area (Å²) in [5, 5.41) is 12.3. The highest BCUT2D eigenvalue weighted by atomic mass is 16.5. The first-order chi connectivity index (χ1) is 11.5. The van der Waals surface area contributed by atoms with Gasteiger partial charge < -0.3 is 20.1 Å². The Morgan fingerprint density at radius 3 is 2.46 bits per heavy atom. The lowest BCUT2D eigenvalue weighted by atomic mass is 10.1. The molecule has 1 aliphatic rings. The van der Waals surface area contributed by atoms with Crippen LogP contribution in [0.15, 0.2) is 24.3 Å². The van der Waals surface area contributed by atoms with Crippen LogP contribution < -0.4 is 5.32 Å². The molecule has 1 atom stereocenters. The molecule has 1 aromatic rings. The Morgan fingerprint density at radius 2 is 1.92 bits per heavy atom. The van der Waals surface area contributed by atoms with Crippen molar-refractivity contribution in [2.24, 2.45) is 0 Å². The van der Waals surface area contributed by atoms with Gasteiger partial charge >= 0.3 is 12.0 Å². The summed E-state index contributed by atoms with van der Waals surface area (Å²) in [6.45, 7) is 2.55. The zero-order valence-corrected chi connectivity index (χ0v) is 14.2. The second-order valence-corrected chi connectivity index (χ2v) is 5.96. The number of anilines is 1. The highest BCUT2D eigenvalue weighted by Gasteiger charge is 2.24. The molecule has 1 fully saturated rings. The van der Waals surface area contributed by atoms with Gasteiger partial charge in [-0.3, -0.25) is 9.69 Å². The second kappa shape index (κ2) is 8.65. The van der Waals surface area contributed by atoms with Gasteiger partial charge in [-0.05, 0) is 37.6 Å². The smallest absolute Gasteiger partial charge is 0.325 e. The summed E-state index contributed by atoms with van der Waals surface area (Å²) in [6.07, 6.45) is 2.08. The van der Waals surface area contributed by atoms with Crippen molar-refractivity contribution in [2.75, 3.05) is 45.7 Å². The van der Waals surface area contributed by atoms with Gasteiger partial charge in [0.15, 0.2) is 0 Å². The normalized spacial score (nSPS) is 15.5. The van der Waals surface area contributed by atoms with Gasteiger partial charge in [-0.1, -0.05) is 12.1 Å². The number of urea groups is 1. The van der Waals surface area contributed by atoms with Crippen molar-refractivity contribution in [3.05, 3.63) is 29.8 Å². The van der Waals surface area contributed by atoms with Crippen LogP contribution in [0, 0.1) is 0 Å². The maximum Gasteiger partial charge on any atom is 0.325 e. The number of hydrogen-bond donors (Lipinski definition) is 2. The molecule has 1 aliphatic heterocycles. The minimum atomic E-state index is -0.914. The molecular formula is C17H25N3O4. The number of nitrogens with zero attached hydrogens (tertiary/aromatic N) is 2. The molecule has 1 saturated heterocycles. The molecule has 0 aromatic heterocycles. The van der Waals surface area contributed by atoms with E-state index in [0.29, 0.717) is 24.4 Å². The van der Waals surface area contributed by atoms with Gasteiger partial charge in [-0.15, -0.1) is 0 Å². The predicted octanol–water partition coefficient (Wildman–Crippen LogP) is 2.02. The van der Waals surface area contributed by atoms with E-state index >= 15 is 0 Å². The monoisotopic (exact) mass is 335 g/mol. The van der Waals surface area contributed by atoms with E-state index in [1.54, 1.807) is 48.2 Å². The summed E-state index contributed by atoms with van der Waals surface area (Å²) in [7, 11) is 3.34. The molecule has 2 amide bonds. The molecule has 132 valence electrons. The Labute approximate surface area is 142 Å². The van der Waals surface area contributed by atoms with E-state index in [9.17, 15) is 14.7 Å². The highest BCUT2D eigenvalue weighted by molar-refractivity contribution is 5.89. The molecule has 2 rings (SSSR count). The van der Waals surface area contributed by atoms with Crippen LogP contribution >= 0.6 is 0 Å². The molecule has 24 heavy (non-hydrogen) atoms. The zero-order chi connectivity index (χ0) is 17.5. The molecule has 7 heteroatoms. The molecule has 0 unspecified atom stereocenters. The minimum Gasteiger partial charge on any atom is -0.480 e. The number of rotatable bonds is 7. The highest BCUT2D eigenvalue weighted by Crippen LogP contribution is 2.22. The molecule has 0 radical (unpaired) electrons. The maximum absolute atomic E-state index is 12.1. The number of hydrogen-bond acceptors (Lipinski definition) is 4. The summed E-state index contributed by atoms with van der Waals surface area (Å²) in [5.74, 6) is -0.914. The van der Waals surface area contributed by atoms with Gasteiger partial charge in [0.1, 0.15) is 6.04 Å². The third-order valence-corrected chi connectivity index (χ3v) is 4.19. The number of ether oxygens (including phenoxy) is 1. The molecule has 0 aliphatic carbocycles. The summed E-state index contributed by atoms with van der Waals surface area (Å²) >= 11 is 0. The number of methoxy groups -OCH3 is 1. The van der Waals surface area contributed by atoms with E-state index in [0.717, 1.165) is 25.9 Å². The summed E-state index contributed by atoms with van der Waals surface area (Å²) in [4.78, 5) is 27.2. The molecule has 0 spiro atoms. The molecule has 1 aromatic carbocycles. The van der Waals surface area contributed by atoms with E-state index in [2.05, 4.69) is 5.32 Å². The van der Waals surface area contributed by atoms with Gasteiger partial charge in [0.25, 0.3) is 0 Å². The minimum absolute atomic E-state index is 0.104. The lowest BCUT2D eigenvalue weighted by Crippen LogP contribution is -2.33. The molecule has 2 N–H and O–H groups in total. The van der Waals surface area contributed by atoms with Crippen molar-refractivity contribution >= 4 is 17.7 Å². The summed E-state index contributed by atoms with van der Waals surface area (Å²) in [5.41, 5.74) is 1.33. The van der Waals surface area contributed by atoms with Crippen LogP contribution in [0.3, 0.4) is 0 Å². The van der Waals surface area contributed by atoms with Crippen LogP contribution in [0.2, 0.25) is 0 Å². The van der Waals surface area contributed by atoms with Crippen LogP contribution in [0.1, 0.15) is 24.4 Å². The number of nitrogens with one attached hydrogen (secondary N) is 1. The fourth-order valence-electron chi connectivity index (χ4n) is 2.82. The molecule has 7 nitrogen and oxygen atoms in total. The van der Waals surface area contributed by atoms with Crippen LogP contribution in [-0.2, 0) is 9.53 Å². The van der Waals surface area contributed by atoms with Crippen molar-refractivity contribution < 1.29 is 19.4 Å². The number of aliphatic carboxylic acids is 1. The number of carboxylic acid groups (broad SMARTS) is 1. The molecule has 0 bridgehead atoms. The van der Waals surface area contributed by atoms with Crippen LogP contribution in [0.4, 0.5) is 10.5 Å². The first kappa shape index (κ1) is 18.2. The van der Waals surface area contributed by atoms with Gasteiger partial charge in [0.05, 0.1) is 6.61 Å². The van der Waals surface area contributed by atoms with E-state index in [-0.39, 0.29) is 6.03 Å². The first-order valence-electron chi connectivity index (χ1n) is 8.11. The van der Waals surface area contributed by atoms with Gasteiger partial charge in [-0.25, -0.2) is 4.79 Å². The van der Waals surface area contributed by atoms with E-state index < -0.39 is 12.0 Å². The van der Waals surface area contributed by atoms with Crippen molar-refractivity contribution in [1.82, 2.24) is 9.80 Å². The number of likely N-dealkylation sites (tertiary alicyclic amines) is 1. The SMILES string of the molecule is COCCN(C)[C@@H](C(=O)O)c1ccc(NC(=O)N2CCCC2)cc1. The lowest BCUT2D eigenvalue weighted by molar-refractivity contribution is -0.143. The zero-order valence-electron chi connectivity index (χ0n) is 14.2. The van der Waals surface area contributed by atoms with Crippen molar-refractivity contribution in [3.8, 4) is 0 Å². The number of carbonyl (C=O) groups is 2. The van der Waals surface area contributed by atoms with Crippen LogP contribution in [-0.4, -0.2) is 67.3 Å². The number of likely N-dealkylation sites (N-methyl/N-ethyl adjacent to an activating group) is 1. The Morgan fingerprint density at radius 1 is 1.29 bits per heavy atom. The van der Waals surface area contributed by atoms with Crippen molar-refractivity contribution in [3.63, 3.8) is 0 Å². The standard InChI is InChI=1S/C17H25N3O4/c1-19(11-12-24-2)15(16(21)22)13-5-7-14(8-6-13)18-17(23)20-9-3-4-10-20/h5-8,15H,3-4,9-12H2,1-2H3,(H,18,23)(H,21,22)/t15-/m1/s1. The third-order valence-electron chi connectivity index (χ3n) is 4.19. The first-order valence-corrected chi connectivity index (χ1v) is 8.11. The average molecular weight is 335 g/mol. The quantitative estimate of drug-likeness (QED) is 0.797. The predicted molar refractivity (Wildman–Crippen MR) is 91.2 cm³/mol. The van der Waals surface area contributed by atoms with E-state index in [1.807, 2.05) is 0 Å². The van der Waals surface area contributed by atoms with Crippen molar-refractivity contribution in [1.29, 1.82) is 0 Å². The Bertz CT molecular complexity index is 555. The summed E-state index contributed by atoms with van der Waals surface area (Å²) < 4.78 is 5.00. The van der Waals surface area contributed by atoms with Gasteiger partial charge in [0.2, 0.25) is 0 Å². The second-order valence-electron chi connectivity index (χ2n) is 5.96. The summed E-state index contributed by atoms with van der Waals surface area (Å²) in [6, 6.07) is 6.10. The van der Waals surface area contributed by atoms with E-state index in [1.165, 1.54) is 0 Å². The van der Waals surface area contributed by atoms with Crippen LogP contribution in [0.5, 0.6) is 0 Å². The Balaban J connectivity index is 2.02. The molecule has 0 saturated carbocycles. The van der Waals surface area contributed by atoms with E-state index in [4.69, 9.17) is 4.74 Å².